The molecule has 1 N–H and O–H groups in total. The highest BCUT2D eigenvalue weighted by molar-refractivity contribution is 5.98. The summed E-state index contributed by atoms with van der Waals surface area (Å²) in [4.78, 5) is 29.2. The topological polar surface area (TPSA) is 71.1 Å². The zero-order chi connectivity index (χ0) is 22.1. The minimum absolute atomic E-state index is 0.0157. The van der Waals surface area contributed by atoms with E-state index >= 15 is 0 Å². The summed E-state index contributed by atoms with van der Waals surface area (Å²) in [6, 6.07) is 15.2. The van der Waals surface area contributed by atoms with Crippen LogP contribution < -0.4 is 14.8 Å². The van der Waals surface area contributed by atoms with Crippen molar-refractivity contribution in [2.45, 2.75) is 20.4 Å². The van der Waals surface area contributed by atoms with Crippen molar-refractivity contribution in [1.29, 1.82) is 0 Å². The molecule has 0 atom stereocenters. The normalized spacial score (nSPS) is 14.2. The van der Waals surface area contributed by atoms with Gasteiger partial charge in [-0.3, -0.25) is 14.5 Å². The minimum atomic E-state index is -0.300. The Bertz CT molecular complexity index is 861. The number of para-hydroxylation sites is 1. The number of carbonyl (C=O) groups excluding carboxylic acids is 2. The lowest BCUT2D eigenvalue weighted by Gasteiger charge is -2.34. The van der Waals surface area contributed by atoms with Gasteiger partial charge in [0.25, 0.3) is 5.91 Å². The van der Waals surface area contributed by atoms with Crippen LogP contribution in [0.1, 0.15) is 29.8 Å². The molecule has 0 aromatic heterocycles. The second-order valence-electron chi connectivity index (χ2n) is 7.35. The van der Waals surface area contributed by atoms with E-state index in [1.807, 2.05) is 36.9 Å². The minimum Gasteiger partial charge on any atom is -0.494 e. The first-order valence-corrected chi connectivity index (χ1v) is 10.8. The average molecular weight is 426 g/mol. The highest BCUT2D eigenvalue weighted by Crippen LogP contribution is 2.18. The fourth-order valence-corrected chi connectivity index (χ4v) is 3.57. The number of ether oxygens (including phenoxy) is 2. The monoisotopic (exact) mass is 425 g/mol. The molecule has 7 heteroatoms. The smallest absolute Gasteiger partial charge is 0.255 e. The maximum Gasteiger partial charge on any atom is 0.255 e. The van der Waals surface area contributed by atoms with Crippen molar-refractivity contribution in [3.63, 3.8) is 0 Å². The summed E-state index contributed by atoms with van der Waals surface area (Å²) in [5.41, 5.74) is 1.67. The standard InChI is InChI=1S/C24H31N3O4/c1-3-30-20-11-9-19(10-12-20)18-26-13-15-27(16-14-26)23(28)17-25-24(29)21-7-5-6-8-22(21)31-4-2/h5-12H,3-4,13-18H2,1-2H3,(H,25,29). The molecule has 3 rings (SSSR count). The molecule has 7 nitrogen and oxygen atoms in total. The van der Waals surface area contributed by atoms with Gasteiger partial charge in [0.2, 0.25) is 5.91 Å². The van der Waals surface area contributed by atoms with E-state index in [9.17, 15) is 9.59 Å². The number of hydrogen-bond acceptors (Lipinski definition) is 5. The van der Waals surface area contributed by atoms with Crippen molar-refractivity contribution in [1.82, 2.24) is 15.1 Å². The van der Waals surface area contributed by atoms with E-state index in [4.69, 9.17) is 9.47 Å². The van der Waals surface area contributed by atoms with Gasteiger partial charge in [0.1, 0.15) is 11.5 Å². The van der Waals surface area contributed by atoms with Gasteiger partial charge in [-0.15, -0.1) is 0 Å². The van der Waals surface area contributed by atoms with Crippen LogP contribution in [0.25, 0.3) is 0 Å². The Balaban J connectivity index is 1.43. The van der Waals surface area contributed by atoms with Crippen LogP contribution in [-0.4, -0.2) is 67.6 Å². The Labute approximate surface area is 183 Å². The van der Waals surface area contributed by atoms with E-state index in [1.54, 1.807) is 18.2 Å². The summed E-state index contributed by atoms with van der Waals surface area (Å²) in [6.45, 7) is 8.73. The van der Waals surface area contributed by atoms with Crippen LogP contribution >= 0.6 is 0 Å². The lowest BCUT2D eigenvalue weighted by molar-refractivity contribution is -0.131. The van der Waals surface area contributed by atoms with E-state index in [2.05, 4.69) is 22.3 Å². The highest BCUT2D eigenvalue weighted by Gasteiger charge is 2.22. The molecule has 1 heterocycles. The molecule has 2 aromatic rings. The summed E-state index contributed by atoms with van der Waals surface area (Å²) >= 11 is 0. The molecule has 0 bridgehead atoms. The predicted molar refractivity (Wildman–Crippen MR) is 119 cm³/mol. The molecule has 0 spiro atoms. The Kier molecular flexibility index (Phi) is 8.29. The van der Waals surface area contributed by atoms with E-state index in [1.165, 1.54) is 5.56 Å². The molecule has 2 amide bonds. The first-order chi connectivity index (χ1) is 15.1. The van der Waals surface area contributed by atoms with E-state index in [0.717, 1.165) is 25.4 Å². The van der Waals surface area contributed by atoms with E-state index in [-0.39, 0.29) is 18.4 Å². The summed E-state index contributed by atoms with van der Waals surface area (Å²) < 4.78 is 11.0. The fourth-order valence-electron chi connectivity index (χ4n) is 3.57. The van der Waals surface area contributed by atoms with Gasteiger partial charge in [0.15, 0.2) is 0 Å². The van der Waals surface area contributed by atoms with Crippen LogP contribution in [0.15, 0.2) is 48.5 Å². The van der Waals surface area contributed by atoms with Gasteiger partial charge in [-0.2, -0.15) is 0 Å². The number of piperazine rings is 1. The summed E-state index contributed by atoms with van der Waals surface area (Å²) in [7, 11) is 0. The zero-order valence-corrected chi connectivity index (χ0v) is 18.3. The maximum atomic E-state index is 12.6. The van der Waals surface area contributed by atoms with Gasteiger partial charge in [-0.05, 0) is 43.7 Å². The molecule has 31 heavy (non-hydrogen) atoms. The first-order valence-electron chi connectivity index (χ1n) is 10.8. The van der Waals surface area contributed by atoms with Crippen molar-refractivity contribution >= 4 is 11.8 Å². The summed E-state index contributed by atoms with van der Waals surface area (Å²) in [5.74, 6) is 1.04. The Hall–Kier alpha value is -3.06. The van der Waals surface area contributed by atoms with Crippen LogP contribution in [0, 0.1) is 0 Å². The SMILES string of the molecule is CCOc1ccc(CN2CCN(C(=O)CNC(=O)c3ccccc3OCC)CC2)cc1. The van der Waals surface area contributed by atoms with Gasteiger partial charge in [0, 0.05) is 32.7 Å². The molecule has 0 unspecified atom stereocenters. The number of carbonyl (C=O) groups is 2. The maximum absolute atomic E-state index is 12.6. The van der Waals surface area contributed by atoms with Crippen LogP contribution in [0.4, 0.5) is 0 Å². The van der Waals surface area contributed by atoms with Crippen molar-refractivity contribution < 1.29 is 19.1 Å². The summed E-state index contributed by atoms with van der Waals surface area (Å²) in [5, 5.41) is 2.73. The van der Waals surface area contributed by atoms with Crippen molar-refractivity contribution in [2.24, 2.45) is 0 Å². The largest absolute Gasteiger partial charge is 0.494 e. The van der Waals surface area contributed by atoms with E-state index < -0.39 is 0 Å². The van der Waals surface area contributed by atoms with Gasteiger partial charge in [-0.1, -0.05) is 24.3 Å². The van der Waals surface area contributed by atoms with Gasteiger partial charge < -0.3 is 19.7 Å². The molecule has 0 aliphatic carbocycles. The molecule has 1 fully saturated rings. The third-order valence-corrected chi connectivity index (χ3v) is 5.20. The Morgan fingerprint density at radius 3 is 2.26 bits per heavy atom. The molecule has 1 aliphatic rings. The lowest BCUT2D eigenvalue weighted by atomic mass is 10.2. The van der Waals surface area contributed by atoms with Gasteiger partial charge in [0.05, 0.1) is 25.3 Å². The van der Waals surface area contributed by atoms with Gasteiger partial charge in [-0.25, -0.2) is 0 Å². The highest BCUT2D eigenvalue weighted by atomic mass is 16.5. The average Bonchev–Trinajstić information content (AvgIpc) is 2.80. The number of amides is 2. The van der Waals surface area contributed by atoms with Crippen LogP contribution in [-0.2, 0) is 11.3 Å². The van der Waals surface area contributed by atoms with Gasteiger partial charge >= 0.3 is 0 Å². The second kappa shape index (κ2) is 11.4. The molecule has 166 valence electrons. The third kappa shape index (κ3) is 6.46. The third-order valence-electron chi connectivity index (χ3n) is 5.20. The first kappa shape index (κ1) is 22.6. The van der Waals surface area contributed by atoms with Crippen LogP contribution in [0.3, 0.4) is 0 Å². The number of rotatable bonds is 9. The molecular weight excluding hydrogens is 394 g/mol. The predicted octanol–water partition coefficient (Wildman–Crippen LogP) is 2.56. The number of benzene rings is 2. The Morgan fingerprint density at radius 2 is 1.58 bits per heavy atom. The Morgan fingerprint density at radius 1 is 0.903 bits per heavy atom. The molecular formula is C24H31N3O4. The van der Waals surface area contributed by atoms with Crippen molar-refractivity contribution in [2.75, 3.05) is 45.9 Å². The number of nitrogens with zero attached hydrogens (tertiary/aromatic N) is 2. The summed E-state index contributed by atoms with van der Waals surface area (Å²) in [6.07, 6.45) is 0. The molecule has 0 radical (unpaired) electrons. The number of nitrogens with one attached hydrogen (secondary N) is 1. The molecule has 0 saturated carbocycles. The molecule has 1 aliphatic heterocycles. The van der Waals surface area contributed by atoms with Crippen molar-refractivity contribution in [3.05, 3.63) is 59.7 Å². The van der Waals surface area contributed by atoms with Crippen molar-refractivity contribution in [3.8, 4) is 11.5 Å². The zero-order valence-electron chi connectivity index (χ0n) is 18.3. The second-order valence-corrected chi connectivity index (χ2v) is 7.35. The number of hydrogen-bond donors (Lipinski definition) is 1. The van der Waals surface area contributed by atoms with E-state index in [0.29, 0.717) is 37.6 Å². The van der Waals surface area contributed by atoms with Crippen LogP contribution in [0.2, 0.25) is 0 Å². The fraction of sp³-hybridized carbons (Fsp3) is 0.417. The quantitative estimate of drug-likeness (QED) is 0.669. The lowest BCUT2D eigenvalue weighted by Crippen LogP contribution is -2.50. The molecule has 1 saturated heterocycles. The van der Waals surface area contributed by atoms with Crippen LogP contribution in [0.5, 0.6) is 11.5 Å². The molecule has 2 aromatic carbocycles.